The van der Waals surface area contributed by atoms with Crippen molar-refractivity contribution in [2.24, 2.45) is 12.0 Å². The van der Waals surface area contributed by atoms with Crippen molar-refractivity contribution in [1.29, 1.82) is 0 Å². The Balaban J connectivity index is 2.35. The molecule has 6 nitrogen and oxygen atoms in total. The number of aryl methyl sites for hydroxylation is 1. The van der Waals surface area contributed by atoms with E-state index in [0.29, 0.717) is 28.3 Å². The molecule has 1 aliphatic carbocycles. The molecule has 0 radical (unpaired) electrons. The lowest BCUT2D eigenvalue weighted by Crippen LogP contribution is -2.26. The first-order chi connectivity index (χ1) is 9.15. The first kappa shape index (κ1) is 11.6. The Bertz CT molecular complexity index is 762. The fourth-order valence-electron chi connectivity index (χ4n) is 2.17. The van der Waals surface area contributed by atoms with Gasteiger partial charge in [-0.15, -0.1) is 0 Å². The smallest absolute Gasteiger partial charge is 0.241 e. The Morgan fingerprint density at radius 3 is 2.74 bits per heavy atom. The predicted molar refractivity (Wildman–Crippen MR) is 67.9 cm³/mol. The molecule has 1 aromatic carbocycles. The van der Waals surface area contributed by atoms with Gasteiger partial charge in [-0.3, -0.25) is 9.79 Å². The van der Waals surface area contributed by atoms with Crippen molar-refractivity contribution in [3.05, 3.63) is 35.1 Å². The van der Waals surface area contributed by atoms with Crippen molar-refractivity contribution < 1.29 is 9.53 Å². The average molecular weight is 256 g/mol. The number of ether oxygens (including phenoxy) is 1. The highest BCUT2D eigenvalue weighted by Gasteiger charge is 2.30. The van der Waals surface area contributed by atoms with Crippen LogP contribution in [-0.4, -0.2) is 34.7 Å². The van der Waals surface area contributed by atoms with Gasteiger partial charge >= 0.3 is 0 Å². The highest BCUT2D eigenvalue weighted by Crippen LogP contribution is 2.35. The van der Waals surface area contributed by atoms with Crippen LogP contribution in [0.3, 0.4) is 0 Å². The summed E-state index contributed by atoms with van der Waals surface area (Å²) in [4.78, 5) is 20.7. The number of aromatic nitrogens is 3. The molecular weight excluding hydrogens is 244 g/mol. The molecule has 1 aliphatic rings. The Morgan fingerprint density at radius 2 is 2.05 bits per heavy atom. The average Bonchev–Trinajstić information content (AvgIpc) is 2.70. The normalized spacial score (nSPS) is 13.4. The number of methoxy groups -OCH3 is 1. The fraction of sp³-hybridized carbons (Fsp3) is 0.231. The molecule has 0 saturated heterocycles. The van der Waals surface area contributed by atoms with E-state index in [1.807, 2.05) is 0 Å². The molecule has 0 saturated carbocycles. The van der Waals surface area contributed by atoms with Crippen LogP contribution in [0.1, 0.15) is 16.1 Å². The molecule has 96 valence electrons. The number of carbonyl (C=O) groups is 1. The van der Waals surface area contributed by atoms with E-state index in [0.717, 1.165) is 5.56 Å². The minimum Gasteiger partial charge on any atom is -0.497 e. The van der Waals surface area contributed by atoms with Crippen LogP contribution in [0.2, 0.25) is 0 Å². The van der Waals surface area contributed by atoms with Crippen molar-refractivity contribution in [1.82, 2.24) is 14.8 Å². The van der Waals surface area contributed by atoms with E-state index in [9.17, 15) is 4.79 Å². The first-order valence-corrected chi connectivity index (χ1v) is 5.77. The van der Waals surface area contributed by atoms with Gasteiger partial charge in [-0.25, -0.2) is 9.67 Å². The molecular formula is C13H12N4O2. The molecule has 0 N–H and O–H groups in total. The van der Waals surface area contributed by atoms with Gasteiger partial charge in [-0.1, -0.05) is 0 Å². The van der Waals surface area contributed by atoms with E-state index < -0.39 is 0 Å². The van der Waals surface area contributed by atoms with Gasteiger partial charge in [-0.2, -0.15) is 5.10 Å². The van der Waals surface area contributed by atoms with Crippen LogP contribution in [0.15, 0.2) is 23.2 Å². The van der Waals surface area contributed by atoms with Gasteiger partial charge < -0.3 is 4.74 Å². The van der Waals surface area contributed by atoms with Crippen LogP contribution in [0, 0.1) is 0 Å². The zero-order valence-corrected chi connectivity index (χ0v) is 10.8. The number of nitrogens with zero attached hydrogens (tertiary/aromatic N) is 4. The molecule has 1 aromatic heterocycles. The topological polar surface area (TPSA) is 69.4 Å². The summed E-state index contributed by atoms with van der Waals surface area (Å²) in [7, 11) is 4.94. The van der Waals surface area contributed by atoms with E-state index in [4.69, 9.17) is 4.74 Å². The summed E-state index contributed by atoms with van der Waals surface area (Å²) in [5.74, 6) is 0.572. The van der Waals surface area contributed by atoms with Crippen LogP contribution >= 0.6 is 0 Å². The fourth-order valence-corrected chi connectivity index (χ4v) is 2.17. The van der Waals surface area contributed by atoms with Gasteiger partial charge in [0.05, 0.1) is 7.11 Å². The number of carbonyl (C=O) groups excluding carboxylic acids is 1. The van der Waals surface area contributed by atoms with Gasteiger partial charge in [-0.05, 0) is 18.2 Å². The summed E-state index contributed by atoms with van der Waals surface area (Å²) in [5.41, 5.74) is 2.75. The summed E-state index contributed by atoms with van der Waals surface area (Å²) in [6, 6.07) is 5.30. The van der Waals surface area contributed by atoms with E-state index in [1.165, 1.54) is 4.68 Å². The Labute approximate surface area is 109 Å². The van der Waals surface area contributed by atoms with Gasteiger partial charge in [0.1, 0.15) is 11.4 Å². The van der Waals surface area contributed by atoms with Crippen molar-refractivity contribution in [3.8, 4) is 17.0 Å². The summed E-state index contributed by atoms with van der Waals surface area (Å²) < 4.78 is 6.68. The van der Waals surface area contributed by atoms with Gasteiger partial charge in [0.2, 0.25) is 11.4 Å². The molecule has 0 spiro atoms. The number of rotatable bonds is 1. The van der Waals surface area contributed by atoms with Crippen LogP contribution in [0.5, 0.6) is 5.75 Å². The molecule has 0 unspecified atom stereocenters. The molecule has 3 rings (SSSR count). The maximum Gasteiger partial charge on any atom is 0.241 e. The monoisotopic (exact) mass is 256 g/mol. The first-order valence-electron chi connectivity index (χ1n) is 5.77. The second-order valence-electron chi connectivity index (χ2n) is 4.20. The highest BCUT2D eigenvalue weighted by molar-refractivity contribution is 6.19. The van der Waals surface area contributed by atoms with E-state index >= 15 is 0 Å². The second kappa shape index (κ2) is 4.01. The van der Waals surface area contributed by atoms with Crippen LogP contribution < -0.4 is 10.4 Å². The summed E-state index contributed by atoms with van der Waals surface area (Å²) in [6.45, 7) is 0. The molecule has 19 heavy (non-hydrogen) atoms. The molecule has 0 fully saturated rings. The summed E-state index contributed by atoms with van der Waals surface area (Å²) in [6.07, 6.45) is 0. The standard InChI is InChI=1S/C13H12N4O2/c1-14-13-15-10-9-6-7(19-3)4-5-8(9)12(18)11(10)16-17(13)2/h4-6H,1-3H3. The number of ketones is 1. The van der Waals surface area contributed by atoms with Gasteiger partial charge in [0.15, 0.2) is 5.69 Å². The third-order valence-corrected chi connectivity index (χ3v) is 3.12. The zero-order valence-electron chi connectivity index (χ0n) is 10.8. The largest absolute Gasteiger partial charge is 0.497 e. The Hall–Kier alpha value is -2.50. The van der Waals surface area contributed by atoms with Gasteiger partial charge in [0.25, 0.3) is 0 Å². The molecule has 0 aliphatic heterocycles. The zero-order chi connectivity index (χ0) is 13.6. The lowest BCUT2D eigenvalue weighted by atomic mass is 10.1. The minimum atomic E-state index is -0.113. The molecule has 0 bridgehead atoms. The molecule has 0 atom stereocenters. The molecule has 1 heterocycles. The SMILES string of the molecule is CN=c1nc2c(nn1C)C(=O)c1ccc(OC)cc1-2. The van der Waals surface area contributed by atoms with Crippen molar-refractivity contribution in [3.63, 3.8) is 0 Å². The van der Waals surface area contributed by atoms with Crippen molar-refractivity contribution >= 4 is 5.78 Å². The molecule has 6 heteroatoms. The van der Waals surface area contributed by atoms with E-state index in [2.05, 4.69) is 15.1 Å². The number of hydrogen-bond donors (Lipinski definition) is 0. The number of hydrogen-bond acceptors (Lipinski definition) is 5. The summed E-state index contributed by atoms with van der Waals surface area (Å²) >= 11 is 0. The maximum absolute atomic E-state index is 12.3. The minimum absolute atomic E-state index is 0.113. The third-order valence-electron chi connectivity index (χ3n) is 3.12. The molecule has 2 aromatic rings. The molecule has 0 amide bonds. The van der Waals surface area contributed by atoms with Crippen LogP contribution in [0.4, 0.5) is 0 Å². The Morgan fingerprint density at radius 1 is 1.26 bits per heavy atom. The van der Waals surface area contributed by atoms with E-state index in [1.54, 1.807) is 39.4 Å². The van der Waals surface area contributed by atoms with Crippen LogP contribution in [0.25, 0.3) is 11.3 Å². The lowest BCUT2D eigenvalue weighted by molar-refractivity contribution is 0.103. The van der Waals surface area contributed by atoms with E-state index in [-0.39, 0.29) is 5.78 Å². The second-order valence-corrected chi connectivity index (χ2v) is 4.20. The number of fused-ring (bicyclic) bond motifs is 3. The highest BCUT2D eigenvalue weighted by atomic mass is 16.5. The third kappa shape index (κ3) is 1.56. The van der Waals surface area contributed by atoms with Crippen molar-refractivity contribution in [2.75, 3.05) is 14.2 Å². The summed E-state index contributed by atoms with van der Waals surface area (Å²) in [5, 5.41) is 4.25. The predicted octanol–water partition coefficient (Wildman–Crippen LogP) is 0.566. The number of benzene rings is 1. The quantitative estimate of drug-likeness (QED) is 0.638. The van der Waals surface area contributed by atoms with Gasteiger partial charge in [0, 0.05) is 25.2 Å². The Kier molecular flexibility index (Phi) is 2.45. The van der Waals surface area contributed by atoms with Crippen LogP contribution in [-0.2, 0) is 7.05 Å². The van der Waals surface area contributed by atoms with Crippen molar-refractivity contribution in [2.45, 2.75) is 0 Å². The lowest BCUT2D eigenvalue weighted by Gasteiger charge is -2.03. The maximum atomic E-state index is 12.3.